The van der Waals surface area contributed by atoms with Gasteiger partial charge in [0.25, 0.3) is 0 Å². The largest absolute Gasteiger partial charge is 0.322 e. The van der Waals surface area contributed by atoms with Crippen molar-refractivity contribution in [3.05, 3.63) is 29.3 Å². The normalized spacial score (nSPS) is 9.31. The Kier molecular flexibility index (Phi) is 3.67. The molecule has 4 nitrogen and oxygen atoms in total. The predicted octanol–water partition coefficient (Wildman–Crippen LogP) is 1.63. The summed E-state index contributed by atoms with van der Waals surface area (Å²) in [6, 6.07) is 3.35. The molecule has 6 heteroatoms. The maximum atomic E-state index is 13.2. The fourth-order valence-electron chi connectivity index (χ4n) is 1.05. The maximum absolute atomic E-state index is 13.2. The number of hydrogen-bond donors (Lipinski definition) is 1. The van der Waals surface area contributed by atoms with Crippen molar-refractivity contribution in [3.63, 3.8) is 0 Å². The van der Waals surface area contributed by atoms with Crippen LogP contribution in [0.5, 0.6) is 0 Å². The third kappa shape index (κ3) is 2.39. The van der Waals surface area contributed by atoms with Gasteiger partial charge in [-0.2, -0.15) is 5.26 Å². The molecule has 0 atom stereocenters. The fraction of sp³-hybridized carbons (Fsp3) is 0.100. The van der Waals surface area contributed by atoms with Gasteiger partial charge in [-0.1, -0.05) is 0 Å². The van der Waals surface area contributed by atoms with Crippen LogP contribution in [0.1, 0.15) is 16.8 Å². The quantitative estimate of drug-likeness (QED) is 0.793. The molecule has 0 aliphatic heterocycles. The van der Waals surface area contributed by atoms with Crippen molar-refractivity contribution in [1.82, 2.24) is 0 Å². The molecular weight excluding hydrogens is 218 g/mol. The van der Waals surface area contributed by atoms with Crippen LogP contribution in [-0.2, 0) is 4.79 Å². The first kappa shape index (κ1) is 11.8. The van der Waals surface area contributed by atoms with E-state index in [1.165, 1.54) is 0 Å². The predicted molar refractivity (Wildman–Crippen MR) is 50.6 cm³/mol. The molecule has 0 radical (unpaired) electrons. The van der Waals surface area contributed by atoms with E-state index in [9.17, 15) is 18.4 Å². The van der Waals surface area contributed by atoms with Crippen LogP contribution in [0.25, 0.3) is 0 Å². The lowest BCUT2D eigenvalue weighted by molar-refractivity contribution is -0.115. The van der Waals surface area contributed by atoms with Crippen LogP contribution in [0.2, 0.25) is 0 Å². The Labute approximate surface area is 89.5 Å². The van der Waals surface area contributed by atoms with Gasteiger partial charge in [0.1, 0.15) is 6.42 Å². The summed E-state index contributed by atoms with van der Waals surface area (Å²) in [5.41, 5.74) is -0.736. The smallest absolute Gasteiger partial charge is 0.238 e. The number of amides is 1. The molecule has 1 amide bonds. The molecule has 1 N–H and O–H groups in total. The van der Waals surface area contributed by atoms with Crippen molar-refractivity contribution in [2.24, 2.45) is 0 Å². The topological polar surface area (TPSA) is 70.0 Å². The van der Waals surface area contributed by atoms with Crippen molar-refractivity contribution < 1.29 is 18.4 Å². The van der Waals surface area contributed by atoms with E-state index >= 15 is 0 Å². The van der Waals surface area contributed by atoms with Gasteiger partial charge in [0.15, 0.2) is 17.9 Å². The Hall–Kier alpha value is -2.29. The first-order chi connectivity index (χ1) is 7.60. The van der Waals surface area contributed by atoms with Crippen LogP contribution in [0.3, 0.4) is 0 Å². The Balaban J connectivity index is 3.11. The lowest BCUT2D eigenvalue weighted by Crippen LogP contribution is -2.14. The number of aldehydes is 1. The number of carbonyl (C=O) groups is 2. The van der Waals surface area contributed by atoms with E-state index in [4.69, 9.17) is 5.26 Å². The minimum absolute atomic E-state index is 0.190. The zero-order valence-corrected chi connectivity index (χ0v) is 7.96. The highest BCUT2D eigenvalue weighted by atomic mass is 19.2. The van der Waals surface area contributed by atoms with E-state index in [1.807, 2.05) is 5.32 Å². The second kappa shape index (κ2) is 4.98. The van der Waals surface area contributed by atoms with Crippen molar-refractivity contribution in [2.75, 3.05) is 5.32 Å². The van der Waals surface area contributed by atoms with Gasteiger partial charge in [-0.05, 0) is 12.1 Å². The Bertz CT molecular complexity index is 480. The van der Waals surface area contributed by atoms with Crippen molar-refractivity contribution in [3.8, 4) is 6.07 Å². The monoisotopic (exact) mass is 224 g/mol. The number of nitriles is 1. The second-order valence-corrected chi connectivity index (χ2v) is 2.83. The van der Waals surface area contributed by atoms with E-state index in [-0.39, 0.29) is 11.8 Å². The van der Waals surface area contributed by atoms with Crippen LogP contribution in [0.4, 0.5) is 14.5 Å². The van der Waals surface area contributed by atoms with Crippen LogP contribution in [0.15, 0.2) is 12.1 Å². The van der Waals surface area contributed by atoms with Crippen molar-refractivity contribution >= 4 is 17.9 Å². The van der Waals surface area contributed by atoms with E-state index in [1.54, 1.807) is 6.07 Å². The fourth-order valence-corrected chi connectivity index (χ4v) is 1.05. The van der Waals surface area contributed by atoms with Gasteiger partial charge >= 0.3 is 0 Å². The first-order valence-electron chi connectivity index (χ1n) is 4.20. The maximum Gasteiger partial charge on any atom is 0.238 e. The van der Waals surface area contributed by atoms with E-state index in [0.29, 0.717) is 0 Å². The molecule has 0 saturated heterocycles. The zero-order chi connectivity index (χ0) is 12.1. The van der Waals surface area contributed by atoms with Gasteiger partial charge in [0.2, 0.25) is 5.91 Å². The van der Waals surface area contributed by atoms with Gasteiger partial charge in [0.05, 0.1) is 11.8 Å². The lowest BCUT2D eigenvalue weighted by Gasteiger charge is -2.07. The summed E-state index contributed by atoms with van der Waals surface area (Å²) < 4.78 is 26.0. The first-order valence-corrected chi connectivity index (χ1v) is 4.20. The molecule has 1 rings (SSSR count). The van der Waals surface area contributed by atoms with Gasteiger partial charge in [-0.15, -0.1) is 0 Å². The molecule has 0 bridgehead atoms. The number of rotatable bonds is 3. The van der Waals surface area contributed by atoms with Crippen molar-refractivity contribution in [2.45, 2.75) is 6.42 Å². The molecule has 0 saturated carbocycles. The van der Waals surface area contributed by atoms with E-state index in [0.717, 1.165) is 12.1 Å². The number of halogens is 2. The molecule has 1 aromatic carbocycles. The summed E-state index contributed by atoms with van der Waals surface area (Å²) in [6.07, 6.45) is -0.223. The highest BCUT2D eigenvalue weighted by Gasteiger charge is 2.15. The average molecular weight is 224 g/mol. The van der Waals surface area contributed by atoms with E-state index in [2.05, 4.69) is 0 Å². The Morgan fingerprint density at radius 3 is 2.75 bits per heavy atom. The number of nitrogens with zero attached hydrogens (tertiary/aromatic N) is 1. The van der Waals surface area contributed by atoms with Crippen LogP contribution >= 0.6 is 0 Å². The summed E-state index contributed by atoms with van der Waals surface area (Å²) in [5.74, 6) is -3.32. The van der Waals surface area contributed by atoms with Crippen molar-refractivity contribution in [1.29, 1.82) is 5.26 Å². The number of benzene rings is 1. The van der Waals surface area contributed by atoms with Gasteiger partial charge in [-0.25, -0.2) is 8.78 Å². The minimum Gasteiger partial charge on any atom is -0.322 e. The Morgan fingerprint density at radius 1 is 1.50 bits per heavy atom. The molecule has 0 heterocycles. The summed E-state index contributed by atoms with van der Waals surface area (Å²) >= 11 is 0. The highest BCUT2D eigenvalue weighted by molar-refractivity contribution is 5.97. The Morgan fingerprint density at radius 2 is 2.19 bits per heavy atom. The summed E-state index contributed by atoms with van der Waals surface area (Å²) in [5, 5.41) is 10.2. The second-order valence-electron chi connectivity index (χ2n) is 2.83. The molecule has 16 heavy (non-hydrogen) atoms. The highest BCUT2D eigenvalue weighted by Crippen LogP contribution is 2.21. The van der Waals surface area contributed by atoms with E-state index < -0.39 is 29.6 Å². The number of anilines is 1. The summed E-state index contributed by atoms with van der Waals surface area (Å²) in [4.78, 5) is 21.5. The third-order valence-electron chi connectivity index (χ3n) is 1.76. The van der Waals surface area contributed by atoms with Crippen LogP contribution in [-0.4, -0.2) is 12.2 Å². The van der Waals surface area contributed by atoms with Gasteiger partial charge in [0, 0.05) is 5.56 Å². The molecule has 0 aromatic heterocycles. The van der Waals surface area contributed by atoms with Crippen LogP contribution in [0, 0.1) is 23.0 Å². The molecular formula is C10H6F2N2O2. The molecule has 0 fully saturated rings. The number of nitrogens with one attached hydrogen (secondary N) is 1. The third-order valence-corrected chi connectivity index (χ3v) is 1.76. The zero-order valence-electron chi connectivity index (χ0n) is 7.96. The molecule has 0 unspecified atom stereocenters. The molecule has 0 aliphatic carbocycles. The summed E-state index contributed by atoms with van der Waals surface area (Å²) in [6.45, 7) is 0. The number of carbonyl (C=O) groups excluding carboxylic acids is 2. The molecule has 82 valence electrons. The minimum atomic E-state index is -1.32. The number of hydrogen-bond acceptors (Lipinski definition) is 3. The standard InChI is InChI=1S/C10H6F2N2O2/c11-7-2-1-6(5-15)10(9(7)12)14-8(16)3-4-13/h1-2,5H,3H2,(H,14,16). The van der Waals surface area contributed by atoms with Crippen LogP contribution < -0.4 is 5.32 Å². The molecule has 0 spiro atoms. The average Bonchev–Trinajstić information content (AvgIpc) is 2.25. The van der Waals surface area contributed by atoms with Gasteiger partial charge < -0.3 is 5.32 Å². The van der Waals surface area contributed by atoms with Gasteiger partial charge in [-0.3, -0.25) is 9.59 Å². The lowest BCUT2D eigenvalue weighted by atomic mass is 10.1. The molecule has 1 aromatic rings. The SMILES string of the molecule is N#CCC(=O)Nc1c(C=O)ccc(F)c1F. The summed E-state index contributed by atoms with van der Waals surface area (Å²) in [7, 11) is 0. The molecule has 0 aliphatic rings.